The third kappa shape index (κ3) is 5.40. The molecule has 1 aromatic rings. The lowest BCUT2D eigenvalue weighted by molar-refractivity contribution is -0.122. The van der Waals surface area contributed by atoms with Crippen molar-refractivity contribution in [1.82, 2.24) is 10.6 Å². The molecule has 0 saturated heterocycles. The van der Waals surface area contributed by atoms with E-state index in [4.69, 9.17) is 5.11 Å². The molecule has 106 valence electrons. The second-order valence-electron chi connectivity index (χ2n) is 4.58. The molecular formula is C13H20N2O3S. The van der Waals surface area contributed by atoms with E-state index in [1.807, 2.05) is 19.2 Å². The van der Waals surface area contributed by atoms with Crippen molar-refractivity contribution < 1.29 is 14.7 Å². The molecule has 5 nitrogen and oxygen atoms in total. The summed E-state index contributed by atoms with van der Waals surface area (Å²) < 4.78 is 0. The minimum Gasteiger partial charge on any atom is -0.394 e. The molecule has 0 radical (unpaired) electrons. The van der Waals surface area contributed by atoms with E-state index < -0.39 is 0 Å². The molecule has 1 atom stereocenters. The van der Waals surface area contributed by atoms with E-state index >= 15 is 0 Å². The third-order valence-corrected chi connectivity index (χ3v) is 3.60. The van der Waals surface area contributed by atoms with Crippen LogP contribution in [-0.4, -0.2) is 36.1 Å². The smallest absolute Gasteiger partial charge is 0.261 e. The molecule has 0 saturated carbocycles. The Bertz CT molecular complexity index is 404. The van der Waals surface area contributed by atoms with Gasteiger partial charge in [-0.1, -0.05) is 19.9 Å². The molecular weight excluding hydrogens is 264 g/mol. The minimum absolute atomic E-state index is 0.0784. The van der Waals surface area contributed by atoms with Crippen LogP contribution in [0, 0.1) is 5.92 Å². The number of hydrogen-bond acceptors (Lipinski definition) is 4. The van der Waals surface area contributed by atoms with Crippen LogP contribution < -0.4 is 10.6 Å². The van der Waals surface area contributed by atoms with Crippen LogP contribution in [0.1, 0.15) is 29.9 Å². The summed E-state index contributed by atoms with van der Waals surface area (Å²) in [6, 6.07) is 3.31. The lowest BCUT2D eigenvalue weighted by Gasteiger charge is -2.19. The topological polar surface area (TPSA) is 78.4 Å². The zero-order valence-corrected chi connectivity index (χ0v) is 12.0. The Balaban J connectivity index is 2.25. The number of carbonyl (C=O) groups is 2. The second-order valence-corrected chi connectivity index (χ2v) is 5.53. The Morgan fingerprint density at radius 2 is 2.16 bits per heavy atom. The van der Waals surface area contributed by atoms with Crippen molar-refractivity contribution in [3.05, 3.63) is 22.4 Å². The number of aliphatic hydroxyl groups is 1. The van der Waals surface area contributed by atoms with Crippen molar-refractivity contribution in [2.24, 2.45) is 5.92 Å². The number of hydrogen-bond donors (Lipinski definition) is 3. The Hall–Kier alpha value is -1.40. The van der Waals surface area contributed by atoms with Gasteiger partial charge in [0, 0.05) is 13.0 Å². The molecule has 1 rings (SSSR count). The number of carbonyl (C=O) groups excluding carboxylic acids is 2. The first-order chi connectivity index (χ1) is 9.04. The highest BCUT2D eigenvalue weighted by molar-refractivity contribution is 7.12. The van der Waals surface area contributed by atoms with Gasteiger partial charge < -0.3 is 15.7 Å². The minimum atomic E-state index is -0.236. The van der Waals surface area contributed by atoms with E-state index in [0.29, 0.717) is 11.4 Å². The van der Waals surface area contributed by atoms with Crippen LogP contribution >= 0.6 is 11.3 Å². The summed E-state index contributed by atoms with van der Waals surface area (Å²) in [5, 5.41) is 16.4. The zero-order chi connectivity index (χ0) is 14.3. The van der Waals surface area contributed by atoms with Gasteiger partial charge in [-0.25, -0.2) is 0 Å². The Kier molecular flexibility index (Phi) is 6.52. The summed E-state index contributed by atoms with van der Waals surface area (Å²) in [7, 11) is 0. The van der Waals surface area contributed by atoms with Gasteiger partial charge in [-0.2, -0.15) is 0 Å². The van der Waals surface area contributed by atoms with Gasteiger partial charge in [-0.3, -0.25) is 9.59 Å². The van der Waals surface area contributed by atoms with Crippen LogP contribution in [0.3, 0.4) is 0 Å². The van der Waals surface area contributed by atoms with Gasteiger partial charge >= 0.3 is 0 Å². The monoisotopic (exact) mass is 284 g/mol. The summed E-state index contributed by atoms with van der Waals surface area (Å²) in [5.74, 6) is -0.153. The van der Waals surface area contributed by atoms with E-state index in [-0.39, 0.29) is 36.8 Å². The number of thiophene rings is 1. The maximum absolute atomic E-state index is 11.6. The molecule has 1 heterocycles. The lowest BCUT2D eigenvalue weighted by atomic mass is 10.1. The van der Waals surface area contributed by atoms with Gasteiger partial charge in [0.05, 0.1) is 17.5 Å². The number of nitrogens with one attached hydrogen (secondary N) is 2. The third-order valence-electron chi connectivity index (χ3n) is 2.73. The van der Waals surface area contributed by atoms with Gasteiger partial charge in [0.15, 0.2) is 0 Å². The Labute approximate surface area is 117 Å². The normalized spacial score (nSPS) is 12.2. The molecule has 0 aliphatic rings. The molecule has 0 aromatic carbocycles. The number of rotatable bonds is 7. The van der Waals surface area contributed by atoms with E-state index in [1.54, 1.807) is 12.1 Å². The first kappa shape index (κ1) is 15.7. The highest BCUT2D eigenvalue weighted by Gasteiger charge is 2.15. The SMILES string of the molecule is CC(C)[C@@H](CO)NC(=O)CCNC(=O)c1cccs1. The van der Waals surface area contributed by atoms with Crippen LogP contribution in [0.15, 0.2) is 17.5 Å². The van der Waals surface area contributed by atoms with Crippen LogP contribution in [0.4, 0.5) is 0 Å². The van der Waals surface area contributed by atoms with Crippen LogP contribution in [0.25, 0.3) is 0 Å². The highest BCUT2D eigenvalue weighted by atomic mass is 32.1. The molecule has 6 heteroatoms. The maximum atomic E-state index is 11.6. The molecule has 0 fully saturated rings. The van der Waals surface area contributed by atoms with Gasteiger partial charge in [-0.05, 0) is 17.4 Å². The molecule has 0 bridgehead atoms. The van der Waals surface area contributed by atoms with Crippen molar-refractivity contribution in [1.29, 1.82) is 0 Å². The quantitative estimate of drug-likeness (QED) is 0.699. The van der Waals surface area contributed by atoms with Crippen LogP contribution in [0.5, 0.6) is 0 Å². The van der Waals surface area contributed by atoms with Crippen LogP contribution in [0.2, 0.25) is 0 Å². The molecule has 0 aliphatic heterocycles. The first-order valence-electron chi connectivity index (χ1n) is 6.26. The highest BCUT2D eigenvalue weighted by Crippen LogP contribution is 2.07. The van der Waals surface area contributed by atoms with Gasteiger partial charge in [0.25, 0.3) is 5.91 Å². The summed E-state index contributed by atoms with van der Waals surface area (Å²) in [6.45, 7) is 4.07. The zero-order valence-electron chi connectivity index (χ0n) is 11.2. The van der Waals surface area contributed by atoms with E-state index in [2.05, 4.69) is 10.6 Å². The fraction of sp³-hybridized carbons (Fsp3) is 0.538. The molecule has 1 aromatic heterocycles. The van der Waals surface area contributed by atoms with Gasteiger partial charge in [0.2, 0.25) is 5.91 Å². The molecule has 19 heavy (non-hydrogen) atoms. The van der Waals surface area contributed by atoms with E-state index in [0.717, 1.165) is 0 Å². The van der Waals surface area contributed by atoms with Gasteiger partial charge in [0.1, 0.15) is 0 Å². The molecule has 0 spiro atoms. The molecule has 0 aliphatic carbocycles. The van der Waals surface area contributed by atoms with Crippen molar-refractivity contribution in [2.45, 2.75) is 26.3 Å². The van der Waals surface area contributed by atoms with E-state index in [9.17, 15) is 9.59 Å². The average Bonchev–Trinajstić information content (AvgIpc) is 2.89. The van der Waals surface area contributed by atoms with Crippen molar-refractivity contribution in [3.8, 4) is 0 Å². The Morgan fingerprint density at radius 1 is 1.42 bits per heavy atom. The van der Waals surface area contributed by atoms with Crippen molar-refractivity contribution >= 4 is 23.2 Å². The largest absolute Gasteiger partial charge is 0.394 e. The van der Waals surface area contributed by atoms with Crippen molar-refractivity contribution in [2.75, 3.05) is 13.2 Å². The molecule has 0 unspecified atom stereocenters. The predicted molar refractivity (Wildman–Crippen MR) is 75.1 cm³/mol. The number of amides is 2. The van der Waals surface area contributed by atoms with Gasteiger partial charge in [-0.15, -0.1) is 11.3 Å². The molecule has 3 N–H and O–H groups in total. The number of aliphatic hydroxyl groups excluding tert-OH is 1. The van der Waals surface area contributed by atoms with Crippen molar-refractivity contribution in [3.63, 3.8) is 0 Å². The fourth-order valence-corrected chi connectivity index (χ4v) is 2.13. The maximum Gasteiger partial charge on any atom is 0.261 e. The standard InChI is InChI=1S/C13H20N2O3S/c1-9(2)10(8-16)15-12(17)5-6-14-13(18)11-4-3-7-19-11/h3-4,7,9-10,16H,5-6,8H2,1-2H3,(H,14,18)(H,15,17)/t10-/m1/s1. The summed E-state index contributed by atoms with van der Waals surface area (Å²) in [4.78, 5) is 23.9. The van der Waals surface area contributed by atoms with E-state index in [1.165, 1.54) is 11.3 Å². The average molecular weight is 284 g/mol. The lowest BCUT2D eigenvalue weighted by Crippen LogP contribution is -2.42. The summed E-state index contributed by atoms with van der Waals surface area (Å²) in [6.07, 6.45) is 0.209. The summed E-state index contributed by atoms with van der Waals surface area (Å²) >= 11 is 1.36. The Morgan fingerprint density at radius 3 is 2.68 bits per heavy atom. The molecule has 2 amide bonds. The fourth-order valence-electron chi connectivity index (χ4n) is 1.49. The predicted octanol–water partition coefficient (Wildman–Crippen LogP) is 1.00. The summed E-state index contributed by atoms with van der Waals surface area (Å²) in [5.41, 5.74) is 0. The van der Waals surface area contributed by atoms with Crippen LogP contribution in [-0.2, 0) is 4.79 Å². The first-order valence-corrected chi connectivity index (χ1v) is 7.14. The second kappa shape index (κ2) is 7.91.